The molecule has 3 saturated heterocycles. The van der Waals surface area contributed by atoms with E-state index in [0.717, 1.165) is 6.61 Å². The Morgan fingerprint density at radius 2 is 2.50 bits per heavy atom. The second kappa shape index (κ2) is 1.14. The molecule has 0 bridgehead atoms. The van der Waals surface area contributed by atoms with Crippen LogP contribution in [0.3, 0.4) is 0 Å². The third kappa shape index (κ3) is 0.270. The van der Waals surface area contributed by atoms with Crippen LogP contribution in [0, 0.1) is 0 Å². The lowest BCUT2D eigenvalue weighted by molar-refractivity contribution is 0.0796. The first-order valence-electron chi connectivity index (χ1n) is 3.61. The van der Waals surface area contributed by atoms with Crippen molar-refractivity contribution in [2.45, 2.75) is 24.3 Å². The smallest absolute Gasteiger partial charge is 0.110 e. The lowest BCUT2D eigenvalue weighted by Gasteiger charge is -2.32. The Bertz CT molecular complexity index is 205. The molecule has 0 saturated carbocycles. The highest BCUT2D eigenvalue weighted by atomic mass is 16.7. The highest BCUT2D eigenvalue weighted by Gasteiger charge is 2.84. The molecule has 4 nitrogen and oxygen atoms in total. The van der Waals surface area contributed by atoms with Crippen LogP contribution in [-0.4, -0.2) is 35.9 Å². The van der Waals surface area contributed by atoms with Gasteiger partial charge in [-0.25, -0.2) is 0 Å². The third-order valence-corrected chi connectivity index (χ3v) is 3.46. The molecule has 0 amide bonds. The van der Waals surface area contributed by atoms with Crippen LogP contribution in [0.4, 0.5) is 0 Å². The molecule has 2 N–H and O–H groups in total. The van der Waals surface area contributed by atoms with Crippen molar-refractivity contribution in [2.75, 3.05) is 13.7 Å². The Kier molecular flexibility index (Phi) is 0.625. The molecule has 3 aliphatic heterocycles. The number of hydroxylamine groups is 1. The zero-order valence-electron chi connectivity index (χ0n) is 6.14. The first-order valence-corrected chi connectivity index (χ1v) is 3.61. The predicted octanol–water partition coefficient (Wildman–Crippen LogP) is -1.15. The second-order valence-corrected chi connectivity index (χ2v) is 3.54. The standard InChI is InChI=1S/C6H11N3O/c1-5-6(9(5)2)3-10-8-4(6)7-5/h4,7-8H,3H2,1-2H3. The highest BCUT2D eigenvalue weighted by Crippen LogP contribution is 2.59. The summed E-state index contributed by atoms with van der Waals surface area (Å²) in [5.41, 5.74) is 3.45. The van der Waals surface area contributed by atoms with Gasteiger partial charge in [0.25, 0.3) is 0 Å². The molecule has 0 radical (unpaired) electrons. The van der Waals surface area contributed by atoms with E-state index in [1.807, 2.05) is 0 Å². The predicted molar refractivity (Wildman–Crippen MR) is 34.9 cm³/mol. The summed E-state index contributed by atoms with van der Waals surface area (Å²) in [6.07, 6.45) is 0.363. The molecular formula is C6H11N3O. The summed E-state index contributed by atoms with van der Waals surface area (Å²) in [4.78, 5) is 7.48. The van der Waals surface area contributed by atoms with E-state index in [-0.39, 0.29) is 11.2 Å². The van der Waals surface area contributed by atoms with Crippen molar-refractivity contribution in [1.82, 2.24) is 15.7 Å². The molecule has 1 spiro atoms. The molecule has 0 aliphatic carbocycles. The molecule has 4 atom stereocenters. The van der Waals surface area contributed by atoms with Crippen molar-refractivity contribution < 1.29 is 4.84 Å². The van der Waals surface area contributed by atoms with E-state index in [4.69, 9.17) is 4.84 Å². The largest absolute Gasteiger partial charge is 0.298 e. The van der Waals surface area contributed by atoms with E-state index in [1.165, 1.54) is 0 Å². The van der Waals surface area contributed by atoms with E-state index in [9.17, 15) is 0 Å². The number of nitrogens with zero attached hydrogens (tertiary/aromatic N) is 1. The topological polar surface area (TPSA) is 36.3 Å². The zero-order chi connectivity index (χ0) is 6.98. The number of hydrogen-bond acceptors (Lipinski definition) is 4. The molecule has 3 heterocycles. The molecule has 3 fully saturated rings. The van der Waals surface area contributed by atoms with Crippen LogP contribution >= 0.6 is 0 Å². The zero-order valence-corrected chi connectivity index (χ0v) is 6.14. The number of rotatable bonds is 0. The number of hydrogen-bond donors (Lipinski definition) is 2. The molecule has 56 valence electrons. The van der Waals surface area contributed by atoms with Gasteiger partial charge < -0.3 is 0 Å². The Morgan fingerprint density at radius 1 is 1.70 bits per heavy atom. The van der Waals surface area contributed by atoms with Gasteiger partial charge in [0.1, 0.15) is 11.7 Å². The molecule has 4 unspecified atom stereocenters. The minimum absolute atomic E-state index is 0.223. The molecule has 3 rings (SSSR count). The molecule has 10 heavy (non-hydrogen) atoms. The lowest BCUT2D eigenvalue weighted by Crippen LogP contribution is -2.65. The van der Waals surface area contributed by atoms with Crippen molar-refractivity contribution in [1.29, 1.82) is 0 Å². The fourth-order valence-corrected chi connectivity index (χ4v) is 2.43. The Morgan fingerprint density at radius 3 is 2.90 bits per heavy atom. The van der Waals surface area contributed by atoms with E-state index < -0.39 is 0 Å². The quantitative estimate of drug-likeness (QED) is 0.418. The van der Waals surface area contributed by atoms with Crippen molar-refractivity contribution in [3.63, 3.8) is 0 Å². The molecule has 0 aromatic heterocycles. The molecule has 3 aliphatic rings. The maximum absolute atomic E-state index is 5.16. The van der Waals surface area contributed by atoms with Gasteiger partial charge in [-0.15, -0.1) is 0 Å². The van der Waals surface area contributed by atoms with Crippen LogP contribution in [0.15, 0.2) is 0 Å². The monoisotopic (exact) mass is 141 g/mol. The maximum Gasteiger partial charge on any atom is 0.110 e. The number of nitrogens with one attached hydrogen (secondary N) is 2. The summed E-state index contributed by atoms with van der Waals surface area (Å²) in [6, 6.07) is 0. The Labute approximate surface area is 59.5 Å². The van der Waals surface area contributed by atoms with Crippen LogP contribution in [0.2, 0.25) is 0 Å². The molecule has 4 heteroatoms. The van der Waals surface area contributed by atoms with Gasteiger partial charge in [-0.3, -0.25) is 15.1 Å². The van der Waals surface area contributed by atoms with Gasteiger partial charge in [0, 0.05) is 0 Å². The average Bonchev–Trinajstić information content (AvgIpc) is 2.31. The summed E-state index contributed by atoms with van der Waals surface area (Å²) < 4.78 is 0. The van der Waals surface area contributed by atoms with Crippen molar-refractivity contribution >= 4 is 0 Å². The summed E-state index contributed by atoms with van der Waals surface area (Å²) in [7, 11) is 2.13. The van der Waals surface area contributed by atoms with Gasteiger partial charge in [0.2, 0.25) is 0 Å². The summed E-state index contributed by atoms with van der Waals surface area (Å²) in [5.74, 6) is 0. The second-order valence-electron chi connectivity index (χ2n) is 3.54. The van der Waals surface area contributed by atoms with Crippen molar-refractivity contribution in [2.24, 2.45) is 0 Å². The SMILES string of the molecule is CN1C2(C)NC3NOCC312. The fraction of sp³-hybridized carbons (Fsp3) is 1.00. The van der Waals surface area contributed by atoms with Crippen LogP contribution in [0.5, 0.6) is 0 Å². The van der Waals surface area contributed by atoms with Gasteiger partial charge in [-0.1, -0.05) is 0 Å². The van der Waals surface area contributed by atoms with Crippen LogP contribution < -0.4 is 10.8 Å². The minimum atomic E-state index is 0.223. The first kappa shape index (κ1) is 5.49. The summed E-state index contributed by atoms with van der Waals surface area (Å²) >= 11 is 0. The Balaban J connectivity index is 2.02. The van der Waals surface area contributed by atoms with Gasteiger partial charge in [0.05, 0.1) is 12.3 Å². The maximum atomic E-state index is 5.16. The Hall–Kier alpha value is -0.160. The third-order valence-electron chi connectivity index (χ3n) is 3.46. The van der Waals surface area contributed by atoms with Crippen LogP contribution in [0.1, 0.15) is 6.92 Å². The van der Waals surface area contributed by atoms with Gasteiger partial charge in [-0.05, 0) is 14.0 Å². The van der Waals surface area contributed by atoms with Gasteiger partial charge >= 0.3 is 0 Å². The average molecular weight is 141 g/mol. The lowest BCUT2D eigenvalue weighted by atomic mass is 9.91. The molecule has 0 aromatic carbocycles. The molecule has 0 aromatic rings. The van der Waals surface area contributed by atoms with Crippen molar-refractivity contribution in [3.05, 3.63) is 0 Å². The summed E-state index contributed by atoms with van der Waals surface area (Å²) in [5, 5.41) is 3.39. The van der Waals surface area contributed by atoms with Crippen molar-refractivity contribution in [3.8, 4) is 0 Å². The van der Waals surface area contributed by atoms with E-state index in [1.54, 1.807) is 0 Å². The minimum Gasteiger partial charge on any atom is -0.298 e. The van der Waals surface area contributed by atoms with Crippen LogP contribution in [-0.2, 0) is 4.84 Å². The van der Waals surface area contributed by atoms with Gasteiger partial charge in [-0.2, -0.15) is 5.48 Å². The fourth-order valence-electron chi connectivity index (χ4n) is 2.43. The summed E-state index contributed by atoms with van der Waals surface area (Å²) in [6.45, 7) is 3.03. The van der Waals surface area contributed by atoms with E-state index >= 15 is 0 Å². The highest BCUT2D eigenvalue weighted by molar-refractivity contribution is 5.37. The normalized spacial score (nSPS) is 70.2. The molecular weight excluding hydrogens is 130 g/mol. The first-order chi connectivity index (χ1) is 4.72. The van der Waals surface area contributed by atoms with E-state index in [2.05, 4.69) is 29.7 Å². The van der Waals surface area contributed by atoms with Gasteiger partial charge in [0.15, 0.2) is 0 Å². The number of likely N-dealkylation sites (N-methyl/N-ethyl adjacent to an activating group) is 1. The van der Waals surface area contributed by atoms with Crippen LogP contribution in [0.25, 0.3) is 0 Å². The van der Waals surface area contributed by atoms with E-state index in [0.29, 0.717) is 6.17 Å².